The molecule has 0 spiro atoms. The van der Waals surface area contributed by atoms with Crippen LogP contribution in [0.25, 0.3) is 0 Å². The van der Waals surface area contributed by atoms with E-state index in [2.05, 4.69) is 21.3 Å². The van der Waals surface area contributed by atoms with Gasteiger partial charge in [0.2, 0.25) is 17.7 Å². The third-order valence-corrected chi connectivity index (χ3v) is 5.30. The standard InChI is InChI=1S/C21H39N5O5/c1-11(2)8-24-19(29)14-6-15(10-23-9-14)20(30)26-17(13(5)27)21(31)25-16(7-22)18(28)12(3)4/h11-17,23,27H,6-10,22H2,1-5H3,(H,24,29)(H,25,31)(H,26,30)/t13-,14?,15?,16-,17-/m0/s1. The fourth-order valence-electron chi connectivity index (χ4n) is 3.38. The van der Waals surface area contributed by atoms with E-state index in [1.807, 2.05) is 13.8 Å². The van der Waals surface area contributed by atoms with Crippen LogP contribution in [0.2, 0.25) is 0 Å². The molecule has 0 saturated carbocycles. The van der Waals surface area contributed by atoms with Crippen LogP contribution >= 0.6 is 0 Å². The van der Waals surface area contributed by atoms with Crippen molar-refractivity contribution >= 4 is 23.5 Å². The van der Waals surface area contributed by atoms with E-state index in [1.54, 1.807) is 13.8 Å². The zero-order valence-corrected chi connectivity index (χ0v) is 19.2. The van der Waals surface area contributed by atoms with Crippen molar-refractivity contribution in [3.05, 3.63) is 0 Å². The summed E-state index contributed by atoms with van der Waals surface area (Å²) in [6.45, 7) is 10.1. The molecule has 0 aromatic carbocycles. The minimum absolute atomic E-state index is 0.0804. The first-order valence-corrected chi connectivity index (χ1v) is 11.0. The topological polar surface area (TPSA) is 163 Å². The van der Waals surface area contributed by atoms with Crippen LogP contribution in [0.4, 0.5) is 0 Å². The van der Waals surface area contributed by atoms with E-state index in [0.29, 0.717) is 32.0 Å². The number of rotatable bonds is 11. The van der Waals surface area contributed by atoms with Crippen molar-refractivity contribution in [1.29, 1.82) is 0 Å². The number of aliphatic hydroxyl groups is 1. The zero-order valence-electron chi connectivity index (χ0n) is 19.2. The summed E-state index contributed by atoms with van der Waals surface area (Å²) in [4.78, 5) is 50.0. The number of amides is 3. The van der Waals surface area contributed by atoms with Gasteiger partial charge >= 0.3 is 0 Å². The summed E-state index contributed by atoms with van der Waals surface area (Å²) in [5, 5.41) is 21.1. The first-order chi connectivity index (χ1) is 14.5. The van der Waals surface area contributed by atoms with Crippen molar-refractivity contribution in [3.8, 4) is 0 Å². The maximum Gasteiger partial charge on any atom is 0.245 e. The number of nitrogens with two attached hydrogens (primary N) is 1. The van der Waals surface area contributed by atoms with Crippen LogP contribution in [-0.4, -0.2) is 73.0 Å². The molecule has 2 unspecified atom stereocenters. The van der Waals surface area contributed by atoms with E-state index in [0.717, 1.165) is 0 Å². The Labute approximate surface area is 184 Å². The van der Waals surface area contributed by atoms with Crippen LogP contribution in [0.3, 0.4) is 0 Å². The summed E-state index contributed by atoms with van der Waals surface area (Å²) in [5.74, 6) is -2.32. The summed E-state index contributed by atoms with van der Waals surface area (Å²) >= 11 is 0. The Morgan fingerprint density at radius 1 is 1.00 bits per heavy atom. The van der Waals surface area contributed by atoms with E-state index in [4.69, 9.17) is 5.73 Å². The van der Waals surface area contributed by atoms with Gasteiger partial charge in [-0.2, -0.15) is 0 Å². The molecule has 1 heterocycles. The number of ketones is 1. The van der Waals surface area contributed by atoms with Crippen LogP contribution in [-0.2, 0) is 19.2 Å². The lowest BCUT2D eigenvalue weighted by molar-refractivity contribution is -0.136. The van der Waals surface area contributed by atoms with Crippen molar-refractivity contribution in [3.63, 3.8) is 0 Å². The van der Waals surface area contributed by atoms with Gasteiger partial charge in [-0.15, -0.1) is 0 Å². The Hall–Kier alpha value is -2.04. The molecule has 0 bridgehead atoms. The van der Waals surface area contributed by atoms with Gasteiger partial charge in [-0.3, -0.25) is 19.2 Å². The summed E-state index contributed by atoms with van der Waals surface area (Å²) in [6, 6.07) is -2.13. The third kappa shape index (κ3) is 8.54. The molecule has 178 valence electrons. The molecule has 5 atom stereocenters. The number of aliphatic hydroxyl groups excluding tert-OH is 1. The second-order valence-electron chi connectivity index (χ2n) is 9.01. The number of piperidine rings is 1. The number of Topliss-reactive ketones (excluding diaryl/α,β-unsaturated/α-hetero) is 1. The quantitative estimate of drug-likeness (QED) is 0.228. The van der Waals surface area contributed by atoms with Gasteiger partial charge in [-0.05, 0) is 19.3 Å². The molecule has 1 aliphatic rings. The predicted octanol–water partition coefficient (Wildman–Crippen LogP) is -1.48. The van der Waals surface area contributed by atoms with Crippen molar-refractivity contribution < 1.29 is 24.3 Å². The van der Waals surface area contributed by atoms with E-state index < -0.39 is 35.9 Å². The average Bonchev–Trinajstić information content (AvgIpc) is 2.72. The lowest BCUT2D eigenvalue weighted by atomic mass is 9.88. The lowest BCUT2D eigenvalue weighted by Crippen LogP contribution is -2.59. The summed E-state index contributed by atoms with van der Waals surface area (Å²) in [6.07, 6.45) is -0.841. The van der Waals surface area contributed by atoms with E-state index in [9.17, 15) is 24.3 Å². The zero-order chi connectivity index (χ0) is 23.7. The monoisotopic (exact) mass is 441 g/mol. The number of hydrogen-bond donors (Lipinski definition) is 6. The van der Waals surface area contributed by atoms with Gasteiger partial charge in [-0.25, -0.2) is 0 Å². The van der Waals surface area contributed by atoms with Gasteiger partial charge in [0.15, 0.2) is 5.78 Å². The second-order valence-corrected chi connectivity index (χ2v) is 9.01. The highest BCUT2D eigenvalue weighted by Crippen LogP contribution is 2.17. The van der Waals surface area contributed by atoms with Gasteiger partial charge in [-0.1, -0.05) is 27.7 Å². The third-order valence-electron chi connectivity index (χ3n) is 5.30. The van der Waals surface area contributed by atoms with Crippen LogP contribution in [0.1, 0.15) is 41.0 Å². The maximum absolute atomic E-state index is 12.8. The van der Waals surface area contributed by atoms with Crippen LogP contribution < -0.4 is 27.0 Å². The molecule has 1 saturated heterocycles. The Bertz CT molecular complexity index is 638. The van der Waals surface area contributed by atoms with Crippen molar-refractivity contribution in [2.75, 3.05) is 26.2 Å². The Morgan fingerprint density at radius 3 is 2.06 bits per heavy atom. The van der Waals surface area contributed by atoms with Gasteiger partial charge in [0.05, 0.1) is 24.0 Å². The fraction of sp³-hybridized carbons (Fsp3) is 0.810. The number of hydrogen-bond acceptors (Lipinski definition) is 7. The van der Waals surface area contributed by atoms with Crippen molar-refractivity contribution in [2.45, 2.75) is 59.2 Å². The Morgan fingerprint density at radius 2 is 1.58 bits per heavy atom. The van der Waals surface area contributed by atoms with E-state index in [1.165, 1.54) is 6.92 Å². The van der Waals surface area contributed by atoms with Gasteiger partial charge in [0.25, 0.3) is 0 Å². The molecule has 10 heteroatoms. The van der Waals surface area contributed by atoms with Crippen LogP contribution in [0.15, 0.2) is 0 Å². The lowest BCUT2D eigenvalue weighted by Gasteiger charge is -2.31. The summed E-state index contributed by atoms with van der Waals surface area (Å²) in [5.41, 5.74) is 5.61. The molecule has 1 aliphatic heterocycles. The number of nitrogens with one attached hydrogen (secondary N) is 4. The minimum Gasteiger partial charge on any atom is -0.391 e. The van der Waals surface area contributed by atoms with Gasteiger partial charge in [0.1, 0.15) is 6.04 Å². The second kappa shape index (κ2) is 12.7. The van der Waals surface area contributed by atoms with Crippen molar-refractivity contribution in [1.82, 2.24) is 21.3 Å². The highest BCUT2D eigenvalue weighted by atomic mass is 16.3. The molecule has 10 nitrogen and oxygen atoms in total. The first-order valence-electron chi connectivity index (χ1n) is 11.0. The smallest absolute Gasteiger partial charge is 0.245 e. The summed E-state index contributed by atoms with van der Waals surface area (Å²) < 4.78 is 0. The average molecular weight is 442 g/mol. The van der Waals surface area contributed by atoms with Gasteiger partial charge < -0.3 is 32.1 Å². The maximum atomic E-state index is 12.8. The molecule has 0 radical (unpaired) electrons. The van der Waals surface area contributed by atoms with Gasteiger partial charge in [0, 0.05) is 32.1 Å². The molecule has 0 aromatic rings. The SMILES string of the molecule is CC(C)CNC(=O)C1CNCC(C(=O)N[C@H](C(=O)N[C@@H](CN)C(=O)C(C)C)[C@H](C)O)C1. The largest absolute Gasteiger partial charge is 0.391 e. The molecule has 1 rings (SSSR count). The van der Waals surface area contributed by atoms with Crippen LogP contribution in [0, 0.1) is 23.7 Å². The highest BCUT2D eigenvalue weighted by molar-refractivity contribution is 5.94. The van der Waals surface area contributed by atoms with Crippen LogP contribution in [0.5, 0.6) is 0 Å². The summed E-state index contributed by atoms with van der Waals surface area (Å²) in [7, 11) is 0. The number of carbonyl (C=O) groups is 4. The Balaban J connectivity index is 2.75. The molecular weight excluding hydrogens is 402 g/mol. The molecular formula is C21H39N5O5. The molecule has 0 aromatic heterocycles. The Kier molecular flexibility index (Phi) is 11.1. The predicted molar refractivity (Wildman–Crippen MR) is 117 cm³/mol. The van der Waals surface area contributed by atoms with E-state index >= 15 is 0 Å². The number of carbonyl (C=O) groups excluding carboxylic acids is 4. The normalized spacial score (nSPS) is 21.8. The molecule has 7 N–H and O–H groups in total. The molecule has 1 fully saturated rings. The minimum atomic E-state index is -1.24. The van der Waals surface area contributed by atoms with E-state index in [-0.39, 0.29) is 30.1 Å². The molecule has 3 amide bonds. The fourth-order valence-corrected chi connectivity index (χ4v) is 3.38. The molecule has 0 aliphatic carbocycles. The highest BCUT2D eigenvalue weighted by Gasteiger charge is 2.35. The first kappa shape index (κ1) is 27.0. The van der Waals surface area contributed by atoms with Crippen molar-refractivity contribution in [2.24, 2.45) is 29.4 Å². The molecule has 31 heavy (non-hydrogen) atoms.